The van der Waals surface area contributed by atoms with Crippen LogP contribution in [0.4, 0.5) is 18.9 Å². The van der Waals surface area contributed by atoms with Gasteiger partial charge in [0, 0.05) is 5.69 Å². The predicted molar refractivity (Wildman–Crippen MR) is 65.3 cm³/mol. The zero-order valence-corrected chi connectivity index (χ0v) is 10.1. The Balaban J connectivity index is 1.91. The Morgan fingerprint density at radius 2 is 1.89 bits per heavy atom. The van der Waals surface area contributed by atoms with Crippen LogP contribution in [0.25, 0.3) is 0 Å². The highest BCUT2D eigenvalue weighted by Gasteiger charge is 2.32. The quantitative estimate of drug-likeness (QED) is 0.826. The normalized spacial score (nSPS) is 19.1. The monoisotopic (exact) mass is 258 g/mol. The molecule has 0 saturated carbocycles. The fraction of sp³-hybridized carbons (Fsp3) is 0.538. The first-order chi connectivity index (χ1) is 8.44. The summed E-state index contributed by atoms with van der Waals surface area (Å²) in [4.78, 5) is 1.47. The second-order valence-corrected chi connectivity index (χ2v) is 4.84. The van der Waals surface area contributed by atoms with Crippen LogP contribution in [-0.2, 0) is 0 Å². The molecule has 0 spiro atoms. The van der Waals surface area contributed by atoms with Crippen LogP contribution in [0.1, 0.15) is 24.3 Å². The van der Waals surface area contributed by atoms with Gasteiger partial charge >= 0.3 is 6.18 Å². The van der Waals surface area contributed by atoms with Crippen LogP contribution in [0.5, 0.6) is 0 Å². The molecule has 2 rings (SSSR count). The van der Waals surface area contributed by atoms with Gasteiger partial charge in [-0.15, -0.1) is 0 Å². The van der Waals surface area contributed by atoms with Crippen molar-refractivity contribution in [3.05, 3.63) is 29.8 Å². The average Bonchev–Trinajstić information content (AvgIpc) is 2.28. The second kappa shape index (κ2) is 5.18. The molecule has 0 unspecified atom stereocenters. The topological polar surface area (TPSA) is 29.3 Å². The molecule has 18 heavy (non-hydrogen) atoms. The largest absolute Gasteiger partial charge is 0.401 e. The van der Waals surface area contributed by atoms with Gasteiger partial charge < -0.3 is 5.73 Å². The Morgan fingerprint density at radius 3 is 2.44 bits per heavy atom. The molecule has 5 heteroatoms. The van der Waals surface area contributed by atoms with E-state index in [1.165, 1.54) is 4.90 Å². The predicted octanol–water partition coefficient (Wildman–Crippen LogP) is 3.01. The summed E-state index contributed by atoms with van der Waals surface area (Å²) in [5.74, 6) is 0.331. The van der Waals surface area contributed by atoms with Gasteiger partial charge in [-0.1, -0.05) is 12.1 Å². The fourth-order valence-electron chi connectivity index (χ4n) is 2.49. The number of piperidine rings is 1. The molecule has 0 amide bonds. The first-order valence-corrected chi connectivity index (χ1v) is 6.08. The molecular formula is C13H17F3N2. The molecule has 0 aromatic heterocycles. The van der Waals surface area contributed by atoms with Crippen LogP contribution >= 0.6 is 0 Å². The molecule has 1 saturated heterocycles. The van der Waals surface area contributed by atoms with Crippen molar-refractivity contribution in [1.82, 2.24) is 4.90 Å². The SMILES string of the molecule is Nc1cccc(C2CCN(CC(F)(F)F)CC2)c1. The number of hydrogen-bond acceptors (Lipinski definition) is 2. The van der Waals surface area contributed by atoms with E-state index < -0.39 is 12.7 Å². The van der Waals surface area contributed by atoms with Crippen LogP contribution in [-0.4, -0.2) is 30.7 Å². The summed E-state index contributed by atoms with van der Waals surface area (Å²) >= 11 is 0. The molecule has 1 aromatic rings. The van der Waals surface area contributed by atoms with Crippen LogP contribution in [0, 0.1) is 0 Å². The van der Waals surface area contributed by atoms with Gasteiger partial charge in [0.2, 0.25) is 0 Å². The maximum Gasteiger partial charge on any atom is 0.401 e. The van der Waals surface area contributed by atoms with Crippen molar-refractivity contribution in [2.24, 2.45) is 0 Å². The Labute approximate surface area is 105 Å². The van der Waals surface area contributed by atoms with E-state index in [0.717, 1.165) is 18.4 Å². The molecule has 2 N–H and O–H groups in total. The van der Waals surface area contributed by atoms with E-state index in [4.69, 9.17) is 5.73 Å². The van der Waals surface area contributed by atoms with E-state index in [1.54, 1.807) is 0 Å². The fourth-order valence-corrected chi connectivity index (χ4v) is 2.49. The maximum atomic E-state index is 12.3. The molecule has 2 nitrogen and oxygen atoms in total. The number of benzene rings is 1. The van der Waals surface area contributed by atoms with Crippen molar-refractivity contribution in [2.75, 3.05) is 25.4 Å². The summed E-state index contributed by atoms with van der Waals surface area (Å²) in [6.45, 7) is 0.203. The summed E-state index contributed by atoms with van der Waals surface area (Å²) in [5, 5.41) is 0. The first-order valence-electron chi connectivity index (χ1n) is 6.08. The van der Waals surface area contributed by atoms with Gasteiger partial charge in [-0.25, -0.2) is 0 Å². The Hall–Kier alpha value is -1.23. The molecule has 1 fully saturated rings. The molecule has 0 radical (unpaired) electrons. The lowest BCUT2D eigenvalue weighted by molar-refractivity contribution is -0.147. The lowest BCUT2D eigenvalue weighted by atomic mass is 9.89. The molecule has 1 heterocycles. The minimum absolute atomic E-state index is 0.331. The van der Waals surface area contributed by atoms with E-state index in [0.29, 0.717) is 24.7 Å². The average molecular weight is 258 g/mol. The van der Waals surface area contributed by atoms with Crippen molar-refractivity contribution in [3.8, 4) is 0 Å². The number of nitrogens with zero attached hydrogens (tertiary/aromatic N) is 1. The molecular weight excluding hydrogens is 241 g/mol. The Morgan fingerprint density at radius 1 is 1.22 bits per heavy atom. The summed E-state index contributed by atoms with van der Waals surface area (Å²) in [5.41, 5.74) is 7.57. The van der Waals surface area contributed by atoms with Crippen molar-refractivity contribution in [1.29, 1.82) is 0 Å². The molecule has 1 aliphatic heterocycles. The third-order valence-corrected chi connectivity index (χ3v) is 3.37. The van der Waals surface area contributed by atoms with E-state index in [2.05, 4.69) is 0 Å². The highest BCUT2D eigenvalue weighted by molar-refractivity contribution is 5.41. The molecule has 0 bridgehead atoms. The molecule has 0 atom stereocenters. The number of nitrogen functional groups attached to an aromatic ring is 1. The van der Waals surface area contributed by atoms with Gasteiger partial charge in [0.25, 0.3) is 0 Å². The Kier molecular flexibility index (Phi) is 3.80. The number of alkyl halides is 3. The van der Waals surface area contributed by atoms with Crippen LogP contribution in [0.3, 0.4) is 0 Å². The summed E-state index contributed by atoms with van der Waals surface area (Å²) in [6.07, 6.45) is -2.57. The Bertz CT molecular complexity index is 395. The summed E-state index contributed by atoms with van der Waals surface area (Å²) < 4.78 is 36.8. The molecule has 100 valence electrons. The van der Waals surface area contributed by atoms with Crippen LogP contribution in [0.15, 0.2) is 24.3 Å². The van der Waals surface area contributed by atoms with Crippen molar-refractivity contribution in [3.63, 3.8) is 0 Å². The summed E-state index contributed by atoms with van der Waals surface area (Å²) in [7, 11) is 0. The van der Waals surface area contributed by atoms with Gasteiger partial charge in [0.05, 0.1) is 6.54 Å². The number of hydrogen-bond donors (Lipinski definition) is 1. The zero-order valence-electron chi connectivity index (χ0n) is 10.1. The van der Waals surface area contributed by atoms with Crippen molar-refractivity contribution < 1.29 is 13.2 Å². The minimum Gasteiger partial charge on any atom is -0.399 e. The maximum absolute atomic E-state index is 12.3. The van der Waals surface area contributed by atoms with Gasteiger partial charge in [-0.2, -0.15) is 13.2 Å². The minimum atomic E-state index is -4.09. The van der Waals surface area contributed by atoms with E-state index in [1.807, 2.05) is 24.3 Å². The molecule has 0 aliphatic carbocycles. The van der Waals surface area contributed by atoms with Crippen LogP contribution < -0.4 is 5.73 Å². The zero-order chi connectivity index (χ0) is 13.2. The molecule has 1 aromatic carbocycles. The van der Waals surface area contributed by atoms with Gasteiger partial charge in [0.15, 0.2) is 0 Å². The standard InChI is InChI=1S/C13H17F3N2/c14-13(15,16)9-18-6-4-10(5-7-18)11-2-1-3-12(17)8-11/h1-3,8,10H,4-7,9,17H2. The lowest BCUT2D eigenvalue weighted by Crippen LogP contribution is -2.39. The van der Waals surface area contributed by atoms with Gasteiger partial charge in [-0.3, -0.25) is 4.90 Å². The number of nitrogens with two attached hydrogens (primary N) is 1. The highest BCUT2D eigenvalue weighted by atomic mass is 19.4. The van der Waals surface area contributed by atoms with Gasteiger partial charge in [-0.05, 0) is 49.5 Å². The highest BCUT2D eigenvalue weighted by Crippen LogP contribution is 2.30. The summed E-state index contributed by atoms with van der Waals surface area (Å²) in [6, 6.07) is 7.64. The van der Waals surface area contributed by atoms with Crippen molar-refractivity contribution >= 4 is 5.69 Å². The van der Waals surface area contributed by atoms with E-state index in [-0.39, 0.29) is 0 Å². The number of likely N-dealkylation sites (tertiary alicyclic amines) is 1. The molecule has 1 aliphatic rings. The smallest absolute Gasteiger partial charge is 0.399 e. The van der Waals surface area contributed by atoms with E-state index >= 15 is 0 Å². The second-order valence-electron chi connectivity index (χ2n) is 4.84. The van der Waals surface area contributed by atoms with Gasteiger partial charge in [0.1, 0.15) is 0 Å². The lowest BCUT2D eigenvalue weighted by Gasteiger charge is -2.32. The first kappa shape index (κ1) is 13.2. The third kappa shape index (κ3) is 3.63. The van der Waals surface area contributed by atoms with Crippen molar-refractivity contribution in [2.45, 2.75) is 24.9 Å². The number of rotatable bonds is 2. The number of halogens is 3. The number of anilines is 1. The third-order valence-electron chi connectivity index (χ3n) is 3.37. The van der Waals surface area contributed by atoms with Crippen LogP contribution in [0.2, 0.25) is 0 Å². The van der Waals surface area contributed by atoms with E-state index in [9.17, 15) is 13.2 Å².